The first-order valence-electron chi connectivity index (χ1n) is 12.3. The standard InChI is InChI=1S/C24H42O12/c1-12-7-14(8-22(3,4)24(12,32)6-5-13(2)26)35-20-18(29)17(28)16(27)15(36-20)9-33-21-19(30)23(31,10-25)11-34-21/h5-6,12-21,25-32H,7-11H2,1-4H3/t12-,13+,14+,15-,16-,17+,18-,19+,20-,21-,23-,24-/m1/s1. The highest BCUT2D eigenvalue weighted by Crippen LogP contribution is 2.49. The van der Waals surface area contributed by atoms with Crippen LogP contribution in [0, 0.1) is 11.3 Å². The minimum atomic E-state index is -1.88. The van der Waals surface area contributed by atoms with Crippen LogP contribution in [0.25, 0.3) is 0 Å². The average Bonchev–Trinajstić information content (AvgIpc) is 3.09. The summed E-state index contributed by atoms with van der Waals surface area (Å²) in [5, 5.41) is 81.8. The molecule has 2 saturated heterocycles. The number of aliphatic hydroxyl groups is 8. The van der Waals surface area contributed by atoms with Gasteiger partial charge in [0, 0.05) is 0 Å². The van der Waals surface area contributed by atoms with Gasteiger partial charge in [-0.25, -0.2) is 0 Å². The number of aliphatic hydroxyl groups excluding tert-OH is 6. The number of hydrogen-bond acceptors (Lipinski definition) is 12. The van der Waals surface area contributed by atoms with Crippen molar-refractivity contribution in [1.82, 2.24) is 0 Å². The summed E-state index contributed by atoms with van der Waals surface area (Å²) in [5.41, 5.74) is -3.75. The molecule has 12 nitrogen and oxygen atoms in total. The molecule has 0 aromatic rings. The van der Waals surface area contributed by atoms with E-state index < -0.39 is 78.5 Å². The molecule has 36 heavy (non-hydrogen) atoms. The Labute approximate surface area is 210 Å². The fourth-order valence-corrected chi connectivity index (χ4v) is 5.32. The number of ether oxygens (including phenoxy) is 4. The Kier molecular flexibility index (Phi) is 9.25. The van der Waals surface area contributed by atoms with Crippen LogP contribution in [0.4, 0.5) is 0 Å². The second-order valence-corrected chi connectivity index (χ2v) is 11.1. The van der Waals surface area contributed by atoms with E-state index in [0.29, 0.717) is 12.8 Å². The van der Waals surface area contributed by atoms with Gasteiger partial charge in [-0.3, -0.25) is 0 Å². The molecule has 0 bridgehead atoms. The van der Waals surface area contributed by atoms with E-state index >= 15 is 0 Å². The predicted molar refractivity (Wildman–Crippen MR) is 123 cm³/mol. The second kappa shape index (κ2) is 11.2. The fourth-order valence-electron chi connectivity index (χ4n) is 5.32. The van der Waals surface area contributed by atoms with Crippen LogP contribution in [-0.2, 0) is 18.9 Å². The first-order chi connectivity index (χ1) is 16.6. The van der Waals surface area contributed by atoms with E-state index in [1.807, 2.05) is 20.8 Å². The summed E-state index contributed by atoms with van der Waals surface area (Å²) in [6.07, 6.45) is -7.24. The maximum absolute atomic E-state index is 11.4. The van der Waals surface area contributed by atoms with E-state index in [0.717, 1.165) is 0 Å². The SMILES string of the molecule is C[C@H](O)C=C[C@@]1(O)[C@H](C)C[C@H](O[C@@H]2O[C@H](CO[C@@H]3OC[C@](O)(CO)[C@H]3O)[C@@H](O)[C@H](O)[C@H]2O)CC1(C)C. The molecule has 8 N–H and O–H groups in total. The summed E-state index contributed by atoms with van der Waals surface area (Å²) in [6.45, 7) is 5.74. The summed E-state index contributed by atoms with van der Waals surface area (Å²) >= 11 is 0. The molecule has 3 fully saturated rings. The van der Waals surface area contributed by atoms with Gasteiger partial charge < -0.3 is 59.8 Å². The van der Waals surface area contributed by atoms with Gasteiger partial charge in [-0.15, -0.1) is 0 Å². The van der Waals surface area contributed by atoms with Gasteiger partial charge in [0.25, 0.3) is 0 Å². The van der Waals surface area contributed by atoms with Gasteiger partial charge in [-0.2, -0.15) is 0 Å². The van der Waals surface area contributed by atoms with Crippen LogP contribution in [0.1, 0.15) is 40.5 Å². The van der Waals surface area contributed by atoms with Crippen molar-refractivity contribution in [2.45, 2.75) is 107 Å². The Morgan fingerprint density at radius 2 is 1.72 bits per heavy atom. The minimum absolute atomic E-state index is 0.275. The summed E-state index contributed by atoms with van der Waals surface area (Å²) in [6, 6.07) is 0. The second-order valence-electron chi connectivity index (χ2n) is 11.1. The lowest BCUT2D eigenvalue weighted by atomic mass is 9.59. The van der Waals surface area contributed by atoms with E-state index in [2.05, 4.69) is 0 Å². The van der Waals surface area contributed by atoms with Crippen molar-refractivity contribution in [3.63, 3.8) is 0 Å². The molecule has 1 saturated carbocycles. The molecule has 0 amide bonds. The Hall–Kier alpha value is -0.740. The molecule has 1 aliphatic carbocycles. The van der Waals surface area contributed by atoms with Crippen LogP contribution >= 0.6 is 0 Å². The molecule has 3 rings (SSSR count). The average molecular weight is 523 g/mol. The molecule has 3 aliphatic rings. The van der Waals surface area contributed by atoms with E-state index in [9.17, 15) is 40.9 Å². The van der Waals surface area contributed by atoms with Crippen molar-refractivity contribution in [2.75, 3.05) is 19.8 Å². The molecule has 0 spiro atoms. The molecule has 12 heteroatoms. The van der Waals surface area contributed by atoms with Crippen LogP contribution in [0.3, 0.4) is 0 Å². The summed E-state index contributed by atoms with van der Waals surface area (Å²) in [4.78, 5) is 0. The third-order valence-corrected chi connectivity index (χ3v) is 7.82. The fraction of sp³-hybridized carbons (Fsp3) is 0.917. The lowest BCUT2D eigenvalue weighted by Crippen LogP contribution is -2.61. The van der Waals surface area contributed by atoms with E-state index in [1.54, 1.807) is 19.1 Å². The van der Waals surface area contributed by atoms with E-state index in [4.69, 9.17) is 18.9 Å². The molecule has 12 atom stereocenters. The summed E-state index contributed by atoms with van der Waals surface area (Å²) < 4.78 is 22.4. The van der Waals surface area contributed by atoms with E-state index in [-0.39, 0.29) is 19.1 Å². The molecule has 210 valence electrons. The quantitative estimate of drug-likeness (QED) is 0.160. The normalized spacial score (nSPS) is 48.4. The van der Waals surface area contributed by atoms with Crippen molar-refractivity contribution in [1.29, 1.82) is 0 Å². The van der Waals surface area contributed by atoms with Crippen LogP contribution in [-0.4, -0.2) is 127 Å². The molecule has 2 heterocycles. The van der Waals surface area contributed by atoms with Gasteiger partial charge in [0.2, 0.25) is 0 Å². The zero-order valence-corrected chi connectivity index (χ0v) is 21.2. The van der Waals surface area contributed by atoms with Crippen molar-refractivity contribution in [3.05, 3.63) is 12.2 Å². The molecule has 0 aromatic heterocycles. The molecule has 0 aromatic carbocycles. The Morgan fingerprint density at radius 3 is 2.28 bits per heavy atom. The molecular weight excluding hydrogens is 480 g/mol. The predicted octanol–water partition coefficient (Wildman–Crippen LogP) is -2.24. The first kappa shape index (κ1) is 29.8. The smallest absolute Gasteiger partial charge is 0.186 e. The highest BCUT2D eigenvalue weighted by molar-refractivity contribution is 5.15. The Bertz CT molecular complexity index is 761. The highest BCUT2D eigenvalue weighted by atomic mass is 16.7. The number of hydrogen-bond donors (Lipinski definition) is 8. The van der Waals surface area contributed by atoms with Crippen molar-refractivity contribution in [2.24, 2.45) is 11.3 Å². The van der Waals surface area contributed by atoms with Crippen LogP contribution in [0.15, 0.2) is 12.2 Å². The van der Waals surface area contributed by atoms with Crippen LogP contribution in [0.5, 0.6) is 0 Å². The summed E-state index contributed by atoms with van der Waals surface area (Å²) in [7, 11) is 0. The zero-order valence-electron chi connectivity index (χ0n) is 21.2. The molecule has 0 radical (unpaired) electrons. The maximum atomic E-state index is 11.4. The molecular formula is C24H42O12. The van der Waals surface area contributed by atoms with Gasteiger partial charge in [-0.05, 0) is 31.1 Å². The van der Waals surface area contributed by atoms with Crippen molar-refractivity contribution >= 4 is 0 Å². The lowest BCUT2D eigenvalue weighted by molar-refractivity contribution is -0.325. The first-order valence-corrected chi connectivity index (χ1v) is 12.3. The number of rotatable bonds is 8. The molecule has 0 unspecified atom stereocenters. The monoisotopic (exact) mass is 522 g/mol. The Morgan fingerprint density at radius 1 is 1.06 bits per heavy atom. The topological polar surface area (TPSA) is 199 Å². The van der Waals surface area contributed by atoms with Crippen molar-refractivity contribution in [3.8, 4) is 0 Å². The third-order valence-electron chi connectivity index (χ3n) is 7.82. The summed E-state index contributed by atoms with van der Waals surface area (Å²) in [5.74, 6) is -0.275. The van der Waals surface area contributed by atoms with Gasteiger partial charge >= 0.3 is 0 Å². The minimum Gasteiger partial charge on any atom is -0.393 e. The van der Waals surface area contributed by atoms with Crippen LogP contribution < -0.4 is 0 Å². The van der Waals surface area contributed by atoms with E-state index in [1.165, 1.54) is 0 Å². The van der Waals surface area contributed by atoms with Gasteiger partial charge in [0.1, 0.15) is 36.1 Å². The lowest BCUT2D eigenvalue weighted by Gasteiger charge is -2.52. The van der Waals surface area contributed by atoms with Gasteiger partial charge in [0.05, 0.1) is 37.6 Å². The van der Waals surface area contributed by atoms with Crippen LogP contribution in [0.2, 0.25) is 0 Å². The molecule has 2 aliphatic heterocycles. The van der Waals surface area contributed by atoms with Gasteiger partial charge in [0.15, 0.2) is 12.6 Å². The maximum Gasteiger partial charge on any atom is 0.186 e. The largest absolute Gasteiger partial charge is 0.393 e. The van der Waals surface area contributed by atoms with Gasteiger partial charge in [-0.1, -0.05) is 32.9 Å². The zero-order chi connectivity index (χ0) is 27.1. The third kappa shape index (κ3) is 5.80. The Balaban J connectivity index is 1.64. The van der Waals surface area contributed by atoms with Crippen molar-refractivity contribution < 1.29 is 59.8 Å². The highest BCUT2D eigenvalue weighted by Gasteiger charge is 2.53.